The molecule has 3 nitrogen and oxygen atoms in total. The molecule has 18 heavy (non-hydrogen) atoms. The van der Waals surface area contributed by atoms with Crippen molar-refractivity contribution in [2.24, 2.45) is 0 Å². The Morgan fingerprint density at radius 2 is 1.89 bits per heavy atom. The summed E-state index contributed by atoms with van der Waals surface area (Å²) in [6.45, 7) is 4.81. The minimum Gasteiger partial charge on any atom is -0.207 e. The lowest BCUT2D eigenvalue weighted by atomic mass is 10.2. The maximum absolute atomic E-state index is 12.3. The number of sulfonamides is 1. The third-order valence-electron chi connectivity index (χ3n) is 3.43. The second-order valence-corrected chi connectivity index (χ2v) is 6.93. The van der Waals surface area contributed by atoms with Crippen LogP contribution >= 0.6 is 0 Å². The molecule has 0 saturated carbocycles. The molecule has 0 N–H and O–H groups in total. The van der Waals surface area contributed by atoms with Crippen molar-refractivity contribution in [3.63, 3.8) is 0 Å². The van der Waals surface area contributed by atoms with Crippen molar-refractivity contribution >= 4 is 10.0 Å². The van der Waals surface area contributed by atoms with Gasteiger partial charge in [-0.1, -0.05) is 43.9 Å². The van der Waals surface area contributed by atoms with Crippen LogP contribution in [0.1, 0.15) is 38.2 Å². The fourth-order valence-electron chi connectivity index (χ4n) is 2.17. The summed E-state index contributed by atoms with van der Waals surface area (Å²) in [5.74, 6) is 0. The third-order valence-corrected chi connectivity index (χ3v) is 5.37. The topological polar surface area (TPSA) is 37.1 Å². The minimum absolute atomic E-state index is 0.239. The van der Waals surface area contributed by atoms with Crippen LogP contribution in [0.3, 0.4) is 0 Å². The Morgan fingerprint density at radius 1 is 1.22 bits per heavy atom. The van der Waals surface area contributed by atoms with Gasteiger partial charge in [0.15, 0.2) is 0 Å². The Morgan fingerprint density at radius 3 is 2.50 bits per heavy atom. The Kier molecular flexibility index (Phi) is 4.07. The molecule has 1 aromatic carbocycles. The van der Waals surface area contributed by atoms with E-state index in [4.69, 9.17) is 0 Å². The summed E-state index contributed by atoms with van der Waals surface area (Å²) in [5.41, 5.74) is 1.08. The maximum Gasteiger partial charge on any atom is 0.243 e. The highest BCUT2D eigenvalue weighted by atomic mass is 32.2. The zero-order valence-corrected chi connectivity index (χ0v) is 11.9. The van der Waals surface area contributed by atoms with Gasteiger partial charge in [0.2, 0.25) is 10.0 Å². The number of benzene rings is 1. The van der Waals surface area contributed by atoms with Crippen molar-refractivity contribution in [3.05, 3.63) is 29.8 Å². The molecule has 0 aromatic heterocycles. The van der Waals surface area contributed by atoms with Gasteiger partial charge in [-0.3, -0.25) is 0 Å². The van der Waals surface area contributed by atoms with Crippen LogP contribution in [0.25, 0.3) is 0 Å². The molecular weight excluding hydrogens is 246 g/mol. The molecule has 0 amide bonds. The van der Waals surface area contributed by atoms with Crippen LogP contribution in [0.5, 0.6) is 0 Å². The van der Waals surface area contributed by atoms with Gasteiger partial charge >= 0.3 is 0 Å². The molecule has 2 rings (SSSR count). The minimum atomic E-state index is -3.24. The van der Waals surface area contributed by atoms with Crippen LogP contribution in [0.15, 0.2) is 29.2 Å². The smallest absolute Gasteiger partial charge is 0.207 e. The van der Waals surface area contributed by atoms with E-state index in [1.807, 2.05) is 19.1 Å². The largest absolute Gasteiger partial charge is 0.243 e. The van der Waals surface area contributed by atoms with Gasteiger partial charge in [0.05, 0.1) is 4.90 Å². The summed E-state index contributed by atoms with van der Waals surface area (Å²) in [6, 6.07) is 7.34. The lowest BCUT2D eigenvalue weighted by Crippen LogP contribution is -2.14. The van der Waals surface area contributed by atoms with E-state index in [0.717, 1.165) is 18.4 Å². The monoisotopic (exact) mass is 267 g/mol. The van der Waals surface area contributed by atoms with Crippen LogP contribution in [0, 0.1) is 6.92 Å². The number of rotatable bonds is 6. The first-order chi connectivity index (χ1) is 8.55. The van der Waals surface area contributed by atoms with Crippen molar-refractivity contribution in [3.8, 4) is 0 Å². The Labute approximate surface area is 110 Å². The first kappa shape index (κ1) is 13.6. The van der Waals surface area contributed by atoms with Crippen LogP contribution in [0.2, 0.25) is 0 Å². The lowest BCUT2D eigenvalue weighted by Gasteiger charge is -2.06. The van der Waals surface area contributed by atoms with E-state index < -0.39 is 10.0 Å². The molecule has 4 heteroatoms. The molecule has 0 bridgehead atoms. The highest BCUT2D eigenvalue weighted by molar-refractivity contribution is 7.89. The number of nitrogens with zero attached hydrogens (tertiary/aromatic N) is 1. The van der Waals surface area contributed by atoms with Crippen molar-refractivity contribution < 1.29 is 8.42 Å². The summed E-state index contributed by atoms with van der Waals surface area (Å²) in [5, 5.41) is 0. The van der Waals surface area contributed by atoms with Crippen LogP contribution in [-0.2, 0) is 10.0 Å². The Balaban J connectivity index is 1.99. The van der Waals surface area contributed by atoms with Crippen LogP contribution in [-0.4, -0.2) is 25.3 Å². The molecule has 1 unspecified atom stereocenters. The highest BCUT2D eigenvalue weighted by Crippen LogP contribution is 2.31. The SMILES string of the molecule is CCCCC[C@@H]1CN1S(=O)(=O)c1ccc(C)cc1. The summed E-state index contributed by atoms with van der Waals surface area (Å²) in [6.07, 6.45) is 4.49. The van der Waals surface area contributed by atoms with E-state index in [9.17, 15) is 8.42 Å². The van der Waals surface area contributed by atoms with Gasteiger partial charge in [-0.25, -0.2) is 8.42 Å². The Hall–Kier alpha value is -0.870. The summed E-state index contributed by atoms with van der Waals surface area (Å²) >= 11 is 0. The van der Waals surface area contributed by atoms with Gasteiger partial charge in [0, 0.05) is 12.6 Å². The lowest BCUT2D eigenvalue weighted by molar-refractivity contribution is 0.540. The molecule has 0 spiro atoms. The van der Waals surface area contributed by atoms with E-state index >= 15 is 0 Å². The predicted octanol–water partition coefficient (Wildman–Crippen LogP) is 2.95. The molecule has 1 heterocycles. The molecule has 100 valence electrons. The average molecular weight is 267 g/mol. The van der Waals surface area contributed by atoms with Crippen molar-refractivity contribution in [1.82, 2.24) is 4.31 Å². The zero-order chi connectivity index (χ0) is 13.2. The molecule has 1 aliphatic rings. The molecular formula is C14H21NO2S. The Bertz CT molecular complexity index is 493. The number of aryl methyl sites for hydroxylation is 1. The van der Waals surface area contributed by atoms with E-state index in [1.165, 1.54) is 12.8 Å². The molecule has 0 radical (unpaired) electrons. The van der Waals surface area contributed by atoms with Crippen LogP contribution < -0.4 is 0 Å². The van der Waals surface area contributed by atoms with E-state index in [0.29, 0.717) is 11.4 Å². The van der Waals surface area contributed by atoms with Gasteiger partial charge in [-0.15, -0.1) is 0 Å². The standard InChI is InChI=1S/C14H21NO2S/c1-3-4-5-6-13-11-15(13)18(16,17)14-9-7-12(2)8-10-14/h7-10,13H,3-6,11H2,1-2H3/t13-,15?/m1/s1. The quantitative estimate of drug-likeness (QED) is 0.587. The second kappa shape index (κ2) is 5.41. The van der Waals surface area contributed by atoms with Crippen molar-refractivity contribution in [2.75, 3.05) is 6.54 Å². The second-order valence-electron chi connectivity index (χ2n) is 5.04. The fourth-order valence-corrected chi connectivity index (χ4v) is 3.78. The molecule has 1 saturated heterocycles. The third kappa shape index (κ3) is 2.93. The van der Waals surface area contributed by atoms with E-state index in [2.05, 4.69) is 6.92 Å². The van der Waals surface area contributed by atoms with Gasteiger partial charge in [-0.2, -0.15) is 4.31 Å². The molecule has 1 fully saturated rings. The van der Waals surface area contributed by atoms with Crippen molar-refractivity contribution in [1.29, 1.82) is 0 Å². The van der Waals surface area contributed by atoms with E-state index in [1.54, 1.807) is 16.4 Å². The molecule has 1 aliphatic heterocycles. The number of hydrogen-bond acceptors (Lipinski definition) is 2. The summed E-state index contributed by atoms with van der Waals surface area (Å²) in [4.78, 5) is 0.422. The average Bonchev–Trinajstić information content (AvgIpc) is 3.10. The summed E-state index contributed by atoms with van der Waals surface area (Å²) < 4.78 is 26.2. The molecule has 1 aromatic rings. The van der Waals surface area contributed by atoms with E-state index in [-0.39, 0.29) is 6.04 Å². The fraction of sp³-hybridized carbons (Fsp3) is 0.571. The van der Waals surface area contributed by atoms with Gasteiger partial charge in [0.25, 0.3) is 0 Å². The highest BCUT2D eigenvalue weighted by Gasteiger charge is 2.43. The molecule has 2 atom stereocenters. The first-order valence-corrected chi connectivity index (χ1v) is 8.08. The van der Waals surface area contributed by atoms with Gasteiger partial charge < -0.3 is 0 Å². The van der Waals surface area contributed by atoms with Gasteiger partial charge in [-0.05, 0) is 25.5 Å². The van der Waals surface area contributed by atoms with Crippen molar-refractivity contribution in [2.45, 2.75) is 50.5 Å². The van der Waals surface area contributed by atoms with Crippen LogP contribution in [0.4, 0.5) is 0 Å². The normalized spacial score (nSPS) is 23.0. The molecule has 0 aliphatic carbocycles. The predicted molar refractivity (Wildman–Crippen MR) is 73.0 cm³/mol. The number of unbranched alkanes of at least 4 members (excludes halogenated alkanes) is 2. The van der Waals surface area contributed by atoms with Gasteiger partial charge in [0.1, 0.15) is 0 Å². The maximum atomic E-state index is 12.3. The first-order valence-electron chi connectivity index (χ1n) is 6.64. The zero-order valence-electron chi connectivity index (χ0n) is 11.1. The number of hydrogen-bond donors (Lipinski definition) is 0. The summed E-state index contributed by atoms with van der Waals surface area (Å²) in [7, 11) is -3.24.